The second-order valence-electron chi connectivity index (χ2n) is 8.41. The fraction of sp³-hybridized carbons (Fsp3) is 0.476. The second-order valence-corrected chi connectivity index (χ2v) is 10.9. The Hall–Kier alpha value is -1.33. The van der Waals surface area contributed by atoms with Gasteiger partial charge in [0.25, 0.3) is 0 Å². The Bertz CT molecular complexity index is 812. The van der Waals surface area contributed by atoms with Gasteiger partial charge in [-0.2, -0.15) is 0 Å². The number of hydrogen-bond acceptors (Lipinski definition) is 3. The number of fused-ring (bicyclic) bond motifs is 1. The molecule has 0 unspecified atom stereocenters. The minimum absolute atomic E-state index is 0.00762. The van der Waals surface area contributed by atoms with Crippen LogP contribution >= 0.6 is 27.3 Å². The van der Waals surface area contributed by atoms with E-state index in [1.54, 1.807) is 0 Å². The molecule has 0 fully saturated rings. The topological polar surface area (TPSA) is 32.3 Å². The average molecular weight is 435 g/mol. The quantitative estimate of drug-likeness (QED) is 0.635. The van der Waals surface area contributed by atoms with Gasteiger partial charge < -0.3 is 10.2 Å². The van der Waals surface area contributed by atoms with E-state index in [-0.39, 0.29) is 11.3 Å². The van der Waals surface area contributed by atoms with Crippen molar-refractivity contribution in [3.8, 4) is 0 Å². The summed E-state index contributed by atoms with van der Waals surface area (Å²) >= 11 is 5.44. The number of rotatable bonds is 3. The Balaban J connectivity index is 1.78. The smallest absolute Gasteiger partial charge is 0.224 e. The van der Waals surface area contributed by atoms with E-state index in [1.165, 1.54) is 19.9 Å². The summed E-state index contributed by atoms with van der Waals surface area (Å²) in [7, 11) is 0. The number of anilines is 2. The lowest BCUT2D eigenvalue weighted by atomic mass is 9.92. The van der Waals surface area contributed by atoms with Crippen molar-refractivity contribution < 1.29 is 4.79 Å². The van der Waals surface area contributed by atoms with Crippen molar-refractivity contribution in [3.05, 3.63) is 43.6 Å². The van der Waals surface area contributed by atoms with Gasteiger partial charge in [0.1, 0.15) is 0 Å². The molecular weight excluding hydrogens is 408 g/mol. The molecule has 0 saturated carbocycles. The van der Waals surface area contributed by atoms with E-state index in [9.17, 15) is 4.79 Å². The van der Waals surface area contributed by atoms with E-state index in [0.29, 0.717) is 6.42 Å². The molecular formula is C21H27BrN2OS. The Kier molecular flexibility index (Phi) is 5.50. The zero-order chi connectivity index (χ0) is 19.1. The zero-order valence-electron chi connectivity index (χ0n) is 16.2. The van der Waals surface area contributed by atoms with Crippen molar-refractivity contribution >= 4 is 44.5 Å². The molecule has 0 bridgehead atoms. The van der Waals surface area contributed by atoms with Crippen LogP contribution in [0.1, 0.15) is 48.8 Å². The lowest BCUT2D eigenvalue weighted by molar-refractivity contribution is -0.117. The molecule has 1 aromatic carbocycles. The number of halogens is 1. The van der Waals surface area contributed by atoms with Gasteiger partial charge in [0, 0.05) is 29.2 Å². The Morgan fingerprint density at radius 2 is 1.88 bits per heavy atom. The molecule has 0 saturated heterocycles. The maximum absolute atomic E-state index is 12.3. The Labute approximate surface area is 168 Å². The van der Waals surface area contributed by atoms with E-state index >= 15 is 0 Å². The average Bonchev–Trinajstić information content (AvgIpc) is 2.88. The van der Waals surface area contributed by atoms with Crippen LogP contribution in [0.15, 0.2) is 22.0 Å². The summed E-state index contributed by atoms with van der Waals surface area (Å²) in [6.45, 7) is 12.4. The standard InChI is InChI=1S/C21H27BrN2OS/c1-13-8-16(24-7-6-15-10-18(22)26-17(15)12-24)9-14(2)20(13)23-19(25)11-21(3,4)5/h8-10H,6-7,11-12H2,1-5H3,(H,23,25). The molecule has 140 valence electrons. The largest absolute Gasteiger partial charge is 0.366 e. The van der Waals surface area contributed by atoms with Crippen molar-refractivity contribution in [3.63, 3.8) is 0 Å². The minimum Gasteiger partial charge on any atom is -0.366 e. The molecule has 26 heavy (non-hydrogen) atoms. The van der Waals surface area contributed by atoms with Gasteiger partial charge >= 0.3 is 0 Å². The van der Waals surface area contributed by atoms with Gasteiger partial charge in [0.05, 0.1) is 10.3 Å². The second kappa shape index (κ2) is 7.35. The number of nitrogens with one attached hydrogen (secondary N) is 1. The predicted molar refractivity (Wildman–Crippen MR) is 115 cm³/mol. The number of aryl methyl sites for hydroxylation is 2. The number of benzene rings is 1. The van der Waals surface area contributed by atoms with Crippen LogP contribution in [0, 0.1) is 19.3 Å². The van der Waals surface area contributed by atoms with Crippen LogP contribution in [0.3, 0.4) is 0 Å². The van der Waals surface area contributed by atoms with Gasteiger partial charge in [0.2, 0.25) is 5.91 Å². The van der Waals surface area contributed by atoms with Crippen molar-refractivity contribution in [1.82, 2.24) is 0 Å². The molecule has 0 radical (unpaired) electrons. The van der Waals surface area contributed by atoms with Crippen LogP contribution in [0.5, 0.6) is 0 Å². The maximum atomic E-state index is 12.3. The Morgan fingerprint density at radius 3 is 2.50 bits per heavy atom. The summed E-state index contributed by atoms with van der Waals surface area (Å²) in [5, 5.41) is 3.12. The lowest BCUT2D eigenvalue weighted by Gasteiger charge is -2.30. The molecule has 2 aromatic rings. The van der Waals surface area contributed by atoms with E-state index in [1.807, 2.05) is 11.3 Å². The van der Waals surface area contributed by atoms with Gasteiger partial charge in [-0.3, -0.25) is 4.79 Å². The molecule has 1 aromatic heterocycles. The van der Waals surface area contributed by atoms with Crippen molar-refractivity contribution in [1.29, 1.82) is 0 Å². The Morgan fingerprint density at radius 1 is 1.23 bits per heavy atom. The highest BCUT2D eigenvalue weighted by atomic mass is 79.9. The SMILES string of the molecule is Cc1cc(N2CCc3cc(Br)sc3C2)cc(C)c1NC(=O)CC(C)(C)C. The predicted octanol–water partition coefficient (Wildman–Crippen LogP) is 6.06. The normalized spacial score (nSPS) is 14.3. The summed E-state index contributed by atoms with van der Waals surface area (Å²) in [5.74, 6) is 0.0856. The zero-order valence-corrected chi connectivity index (χ0v) is 18.6. The number of amides is 1. The van der Waals surface area contributed by atoms with Crippen molar-refractivity contribution in [2.45, 2.75) is 54.0 Å². The van der Waals surface area contributed by atoms with Gasteiger partial charge in [-0.25, -0.2) is 0 Å². The number of hydrogen-bond donors (Lipinski definition) is 1. The summed E-state index contributed by atoms with van der Waals surface area (Å²) in [5.41, 5.74) is 5.91. The molecule has 0 atom stereocenters. The summed E-state index contributed by atoms with van der Waals surface area (Å²) in [6.07, 6.45) is 1.61. The van der Waals surface area contributed by atoms with Gasteiger partial charge in [-0.15, -0.1) is 11.3 Å². The third-order valence-corrected chi connectivity index (χ3v) is 6.36. The minimum atomic E-state index is -0.00762. The van der Waals surface area contributed by atoms with Crippen molar-refractivity contribution in [2.24, 2.45) is 5.41 Å². The number of nitrogens with zero attached hydrogens (tertiary/aromatic N) is 1. The molecule has 1 aliphatic rings. The third-order valence-electron chi connectivity index (χ3n) is 4.69. The van der Waals surface area contributed by atoms with Gasteiger partial charge in [-0.1, -0.05) is 20.8 Å². The molecule has 1 aliphatic heterocycles. The first-order chi connectivity index (χ1) is 12.1. The highest BCUT2D eigenvalue weighted by molar-refractivity contribution is 9.11. The molecule has 2 heterocycles. The molecule has 5 heteroatoms. The first-order valence-corrected chi connectivity index (χ1v) is 10.7. The number of carbonyl (C=O) groups is 1. The summed E-state index contributed by atoms with van der Waals surface area (Å²) in [4.78, 5) is 16.2. The van der Waals surface area contributed by atoms with Gasteiger partial charge in [-0.05, 0) is 76.5 Å². The first kappa shape index (κ1) is 19.4. The van der Waals surface area contributed by atoms with Crippen LogP contribution in [0.4, 0.5) is 11.4 Å². The van der Waals surface area contributed by atoms with E-state index in [4.69, 9.17) is 0 Å². The fourth-order valence-electron chi connectivity index (χ4n) is 3.49. The van der Waals surface area contributed by atoms with E-state index in [2.05, 4.69) is 79.0 Å². The monoisotopic (exact) mass is 434 g/mol. The third kappa shape index (κ3) is 4.49. The molecule has 3 nitrogen and oxygen atoms in total. The molecule has 1 N–H and O–H groups in total. The van der Waals surface area contributed by atoms with Crippen LogP contribution in [0.2, 0.25) is 0 Å². The molecule has 3 rings (SSSR count). The molecule has 1 amide bonds. The van der Waals surface area contributed by atoms with E-state index < -0.39 is 0 Å². The summed E-state index contributed by atoms with van der Waals surface area (Å²) < 4.78 is 1.22. The van der Waals surface area contributed by atoms with Crippen LogP contribution in [0.25, 0.3) is 0 Å². The number of thiophene rings is 1. The van der Waals surface area contributed by atoms with Crippen LogP contribution in [-0.4, -0.2) is 12.5 Å². The fourth-order valence-corrected chi connectivity index (χ4v) is 5.30. The molecule has 0 spiro atoms. The van der Waals surface area contributed by atoms with Crippen molar-refractivity contribution in [2.75, 3.05) is 16.8 Å². The summed E-state index contributed by atoms with van der Waals surface area (Å²) in [6, 6.07) is 6.66. The highest BCUT2D eigenvalue weighted by Gasteiger charge is 2.21. The maximum Gasteiger partial charge on any atom is 0.224 e. The van der Waals surface area contributed by atoms with Gasteiger partial charge in [0.15, 0.2) is 0 Å². The van der Waals surface area contributed by atoms with Crippen LogP contribution in [-0.2, 0) is 17.8 Å². The van der Waals surface area contributed by atoms with Crippen LogP contribution < -0.4 is 10.2 Å². The molecule has 0 aliphatic carbocycles. The first-order valence-electron chi connectivity index (χ1n) is 9.05. The lowest BCUT2D eigenvalue weighted by Crippen LogP contribution is -2.29. The van der Waals surface area contributed by atoms with E-state index in [0.717, 1.165) is 36.3 Å². The number of carbonyl (C=O) groups excluding carboxylic acids is 1. The highest BCUT2D eigenvalue weighted by Crippen LogP contribution is 2.35.